The van der Waals surface area contributed by atoms with Gasteiger partial charge in [0.15, 0.2) is 4.33 Å². The summed E-state index contributed by atoms with van der Waals surface area (Å²) in [6.45, 7) is 2.47. The van der Waals surface area contributed by atoms with E-state index in [2.05, 4.69) is 6.92 Å². The van der Waals surface area contributed by atoms with Crippen molar-refractivity contribution >= 4 is 81.4 Å². The number of hydrogen-bond acceptors (Lipinski definition) is 2. The largest absolute Gasteiger partial charge is 0.282 e. The van der Waals surface area contributed by atoms with E-state index in [4.69, 9.17) is 69.6 Å². The van der Waals surface area contributed by atoms with Gasteiger partial charge in [0.05, 0.1) is 21.9 Å². The molecule has 4 unspecified atom stereocenters. The third-order valence-corrected chi connectivity index (χ3v) is 9.99. The minimum absolute atomic E-state index is 0.0513. The van der Waals surface area contributed by atoms with Gasteiger partial charge in [-0.05, 0) is 6.42 Å². The van der Waals surface area contributed by atoms with Gasteiger partial charge < -0.3 is 0 Å². The molecule has 0 aromatic rings. The Bertz CT molecular complexity index is 634. The van der Waals surface area contributed by atoms with Gasteiger partial charge in [-0.15, -0.1) is 23.2 Å². The van der Waals surface area contributed by atoms with Gasteiger partial charge in [0, 0.05) is 6.54 Å². The first-order valence-corrected chi connectivity index (χ1v) is 11.0. The number of likely N-dealkylation sites (tertiary alicyclic amines) is 1. The van der Waals surface area contributed by atoms with Crippen molar-refractivity contribution in [3.63, 3.8) is 0 Å². The van der Waals surface area contributed by atoms with Crippen LogP contribution in [0.2, 0.25) is 0 Å². The second-order valence-corrected chi connectivity index (χ2v) is 10.5. The molecule has 2 bridgehead atoms. The first-order valence-electron chi connectivity index (χ1n) is 8.75. The maximum Gasteiger partial charge on any atom is 0.235 e. The topological polar surface area (TPSA) is 37.4 Å². The first kappa shape index (κ1) is 21.3. The number of amides is 2. The van der Waals surface area contributed by atoms with E-state index in [9.17, 15) is 9.59 Å². The van der Waals surface area contributed by atoms with Crippen LogP contribution >= 0.6 is 69.6 Å². The van der Waals surface area contributed by atoms with Crippen LogP contribution in [0.25, 0.3) is 0 Å². The third kappa shape index (κ3) is 2.47. The second kappa shape index (κ2) is 7.15. The quantitative estimate of drug-likeness (QED) is 0.262. The standard InChI is InChI=1S/C17H19Cl6NO2/c1-2-3-4-5-6-7-8-24-13(25)9-10(14(24)26)16(21)12(19)11(18)15(9,20)17(16,22)23/h9-10H,2-8H2,1H3. The van der Waals surface area contributed by atoms with Crippen LogP contribution in [0.1, 0.15) is 45.4 Å². The lowest BCUT2D eigenvalue weighted by molar-refractivity contribution is -0.140. The van der Waals surface area contributed by atoms with E-state index in [1.54, 1.807) is 0 Å². The lowest BCUT2D eigenvalue weighted by atomic mass is 9.84. The molecule has 2 amide bonds. The summed E-state index contributed by atoms with van der Waals surface area (Å²) in [4.78, 5) is 23.7. The summed E-state index contributed by atoms with van der Waals surface area (Å²) >= 11 is 38.7. The van der Waals surface area contributed by atoms with Gasteiger partial charge in [0.1, 0.15) is 9.75 Å². The minimum Gasteiger partial charge on any atom is -0.282 e. The maximum absolute atomic E-state index is 13.0. The lowest BCUT2D eigenvalue weighted by Crippen LogP contribution is -2.50. The van der Waals surface area contributed by atoms with Crippen molar-refractivity contribution in [2.24, 2.45) is 11.8 Å². The van der Waals surface area contributed by atoms with E-state index in [-0.39, 0.29) is 10.1 Å². The molecule has 3 nitrogen and oxygen atoms in total. The molecular formula is C17H19Cl6NO2. The number of imide groups is 1. The van der Waals surface area contributed by atoms with Crippen molar-refractivity contribution < 1.29 is 9.59 Å². The van der Waals surface area contributed by atoms with E-state index in [1.807, 2.05) is 0 Å². The maximum atomic E-state index is 13.0. The first-order chi connectivity index (χ1) is 12.1. The number of fused-ring (bicyclic) bond motifs is 5. The Labute approximate surface area is 183 Å². The Morgan fingerprint density at radius 2 is 1.23 bits per heavy atom. The summed E-state index contributed by atoms with van der Waals surface area (Å²) in [5, 5.41) is -0.103. The number of nitrogens with zero attached hydrogens (tertiary/aromatic N) is 1. The summed E-state index contributed by atoms with van der Waals surface area (Å²) in [7, 11) is 0. The molecule has 0 radical (unpaired) electrons. The molecule has 26 heavy (non-hydrogen) atoms. The average molecular weight is 482 g/mol. The molecule has 0 spiro atoms. The van der Waals surface area contributed by atoms with Crippen molar-refractivity contribution in [1.29, 1.82) is 0 Å². The zero-order chi connectivity index (χ0) is 19.5. The fourth-order valence-corrected chi connectivity index (χ4v) is 7.25. The molecule has 4 atom stereocenters. The minimum atomic E-state index is -1.86. The molecule has 1 aliphatic heterocycles. The molecule has 0 aromatic heterocycles. The summed E-state index contributed by atoms with van der Waals surface area (Å²) in [5.74, 6) is -2.89. The number of carbonyl (C=O) groups is 2. The molecule has 1 saturated heterocycles. The lowest BCUT2D eigenvalue weighted by Gasteiger charge is -2.34. The fourth-order valence-electron chi connectivity index (χ4n) is 4.32. The molecule has 0 aromatic carbocycles. The molecule has 9 heteroatoms. The monoisotopic (exact) mass is 479 g/mol. The molecule has 2 fully saturated rings. The van der Waals surface area contributed by atoms with Crippen LogP contribution in [-0.4, -0.2) is 37.3 Å². The predicted octanol–water partition coefficient (Wildman–Crippen LogP) is 5.79. The van der Waals surface area contributed by atoms with Gasteiger partial charge in [-0.3, -0.25) is 14.5 Å². The van der Waals surface area contributed by atoms with Crippen LogP contribution in [0, 0.1) is 11.8 Å². The van der Waals surface area contributed by atoms with Crippen LogP contribution in [0.3, 0.4) is 0 Å². The number of allylic oxidation sites excluding steroid dienone is 2. The van der Waals surface area contributed by atoms with Crippen LogP contribution in [0.5, 0.6) is 0 Å². The molecule has 1 saturated carbocycles. The van der Waals surface area contributed by atoms with E-state index < -0.39 is 37.7 Å². The molecule has 2 aliphatic carbocycles. The highest BCUT2D eigenvalue weighted by atomic mass is 35.5. The zero-order valence-electron chi connectivity index (χ0n) is 14.1. The highest BCUT2D eigenvalue weighted by Gasteiger charge is 2.87. The summed E-state index contributed by atoms with van der Waals surface area (Å²) < 4.78 is -1.86. The van der Waals surface area contributed by atoms with Crippen LogP contribution in [-0.2, 0) is 9.59 Å². The van der Waals surface area contributed by atoms with Gasteiger partial charge in [-0.2, -0.15) is 0 Å². The molecule has 1 heterocycles. The molecule has 3 aliphatic rings. The third-order valence-electron chi connectivity index (χ3n) is 5.74. The van der Waals surface area contributed by atoms with Gasteiger partial charge in [-0.25, -0.2) is 0 Å². The Morgan fingerprint density at radius 1 is 0.808 bits per heavy atom. The smallest absolute Gasteiger partial charge is 0.235 e. The number of alkyl halides is 4. The van der Waals surface area contributed by atoms with E-state index in [0.29, 0.717) is 6.54 Å². The van der Waals surface area contributed by atoms with Gasteiger partial charge in [0.2, 0.25) is 11.8 Å². The van der Waals surface area contributed by atoms with Crippen molar-refractivity contribution in [3.8, 4) is 0 Å². The van der Waals surface area contributed by atoms with E-state index in [1.165, 1.54) is 11.3 Å². The Kier molecular flexibility index (Phi) is 5.86. The van der Waals surface area contributed by atoms with Gasteiger partial charge >= 0.3 is 0 Å². The van der Waals surface area contributed by atoms with Crippen molar-refractivity contribution in [3.05, 3.63) is 10.1 Å². The molecular weight excluding hydrogens is 463 g/mol. The fraction of sp³-hybridized carbons (Fsp3) is 0.765. The van der Waals surface area contributed by atoms with Gasteiger partial charge in [0.25, 0.3) is 0 Å². The Balaban J connectivity index is 1.80. The number of unbranched alkanes of at least 4 members (excludes halogenated alkanes) is 5. The number of hydrogen-bond donors (Lipinski definition) is 0. The van der Waals surface area contributed by atoms with E-state index in [0.717, 1.165) is 32.1 Å². The van der Waals surface area contributed by atoms with Crippen LogP contribution in [0.4, 0.5) is 0 Å². The molecule has 3 rings (SSSR count). The van der Waals surface area contributed by atoms with Crippen molar-refractivity contribution in [2.75, 3.05) is 6.54 Å². The highest BCUT2D eigenvalue weighted by Crippen LogP contribution is 2.77. The highest BCUT2D eigenvalue weighted by molar-refractivity contribution is 6.66. The zero-order valence-corrected chi connectivity index (χ0v) is 18.7. The van der Waals surface area contributed by atoms with E-state index >= 15 is 0 Å². The number of halogens is 6. The number of carbonyl (C=O) groups excluding carboxylic acids is 2. The molecule has 146 valence electrons. The Hall–Kier alpha value is 0.620. The summed E-state index contributed by atoms with van der Waals surface area (Å²) in [6.07, 6.45) is 6.24. The summed E-state index contributed by atoms with van der Waals surface area (Å²) in [5.41, 5.74) is 0. The normalized spacial score (nSPS) is 37.9. The average Bonchev–Trinajstić information content (AvgIpc) is 2.96. The van der Waals surface area contributed by atoms with Crippen molar-refractivity contribution in [2.45, 2.75) is 59.5 Å². The number of rotatable bonds is 7. The molecule has 0 N–H and O–H groups in total. The SMILES string of the molecule is CCCCCCCCN1C(=O)C2C(C1=O)C1(Cl)C(Cl)=C(Cl)C2(Cl)C1(Cl)Cl. The Morgan fingerprint density at radius 3 is 1.69 bits per heavy atom. The predicted molar refractivity (Wildman–Crippen MR) is 107 cm³/mol. The van der Waals surface area contributed by atoms with Gasteiger partial charge in [-0.1, -0.05) is 85.4 Å². The van der Waals surface area contributed by atoms with Crippen LogP contribution < -0.4 is 0 Å². The van der Waals surface area contributed by atoms with Crippen LogP contribution in [0.15, 0.2) is 10.1 Å². The summed E-state index contributed by atoms with van der Waals surface area (Å²) in [6, 6.07) is 0. The second-order valence-electron chi connectivity index (χ2n) is 7.18. The van der Waals surface area contributed by atoms with Crippen molar-refractivity contribution in [1.82, 2.24) is 4.90 Å².